The van der Waals surface area contributed by atoms with Crippen LogP contribution in [0.1, 0.15) is 37.7 Å². The molecule has 0 fully saturated rings. The monoisotopic (exact) mass is 498 g/mol. The summed E-state index contributed by atoms with van der Waals surface area (Å²) >= 11 is 0. The molecule has 34 heavy (non-hydrogen) atoms. The van der Waals surface area contributed by atoms with Gasteiger partial charge in [-0.1, -0.05) is 11.2 Å². The zero-order valence-electron chi connectivity index (χ0n) is 17.6. The summed E-state index contributed by atoms with van der Waals surface area (Å²) < 4.78 is 75.6. The van der Waals surface area contributed by atoms with E-state index in [0.29, 0.717) is 6.07 Å². The van der Waals surface area contributed by atoms with Crippen LogP contribution in [0.2, 0.25) is 0 Å². The number of nitrogens with zero attached hydrogens (tertiary/aromatic N) is 2. The Morgan fingerprint density at radius 1 is 1.12 bits per heavy atom. The van der Waals surface area contributed by atoms with Crippen molar-refractivity contribution in [3.63, 3.8) is 0 Å². The average molecular weight is 498 g/mol. The van der Waals surface area contributed by atoms with Gasteiger partial charge in [-0.2, -0.15) is 13.2 Å². The number of halogens is 3. The van der Waals surface area contributed by atoms with Crippen LogP contribution in [0.4, 0.5) is 18.9 Å². The van der Waals surface area contributed by atoms with E-state index in [1.54, 1.807) is 0 Å². The van der Waals surface area contributed by atoms with Crippen LogP contribution >= 0.6 is 0 Å². The molecule has 0 saturated heterocycles. The summed E-state index contributed by atoms with van der Waals surface area (Å²) in [6, 6.07) is 6.98. The van der Waals surface area contributed by atoms with Crippen LogP contribution in [-0.4, -0.2) is 37.7 Å². The fraction of sp³-hybridized carbons (Fsp3) is 0.200. The van der Waals surface area contributed by atoms with Gasteiger partial charge in [-0.3, -0.25) is 9.52 Å². The molecule has 1 aromatic heterocycles. The first-order valence-corrected chi connectivity index (χ1v) is 10.9. The molecule has 0 saturated carbocycles. The van der Waals surface area contributed by atoms with Crippen molar-refractivity contribution in [1.29, 1.82) is 0 Å². The Labute approximate surface area is 191 Å². The molecule has 0 unspecified atom stereocenters. The number of hydrogen-bond donors (Lipinski definition) is 2. The molecule has 0 aliphatic heterocycles. The number of sulfonamides is 1. The Balaban J connectivity index is 1.89. The highest BCUT2D eigenvalue weighted by Gasteiger charge is 2.31. The third-order valence-corrected chi connectivity index (χ3v) is 5.84. The number of esters is 1. The number of amides is 1. The smallest absolute Gasteiger partial charge is 0.416 e. The number of alkyl halides is 3. The lowest BCUT2D eigenvalue weighted by Crippen LogP contribution is -2.24. The van der Waals surface area contributed by atoms with Crippen LogP contribution in [0.3, 0.4) is 0 Å². The third-order valence-electron chi connectivity index (χ3n) is 4.46. The summed E-state index contributed by atoms with van der Waals surface area (Å²) in [5, 5.41) is 9.47. The number of methoxy groups -OCH3 is 1. The molecular formula is C20H17F3N4O6S. The van der Waals surface area contributed by atoms with Gasteiger partial charge in [0.2, 0.25) is 0 Å². The van der Waals surface area contributed by atoms with Crippen molar-refractivity contribution in [3.8, 4) is 0 Å². The highest BCUT2D eigenvalue weighted by molar-refractivity contribution is 7.92. The molecule has 2 N–H and O–H groups in total. The molecule has 10 nitrogen and oxygen atoms in total. The quantitative estimate of drug-likeness (QED) is 0.474. The topological polar surface area (TPSA) is 140 Å². The van der Waals surface area contributed by atoms with E-state index in [0.717, 1.165) is 31.4 Å². The molecule has 14 heteroatoms. The van der Waals surface area contributed by atoms with E-state index in [2.05, 4.69) is 29.7 Å². The van der Waals surface area contributed by atoms with Crippen LogP contribution < -0.4 is 10.0 Å². The summed E-state index contributed by atoms with van der Waals surface area (Å²) in [4.78, 5) is 23.6. The second-order valence-corrected chi connectivity index (χ2v) is 8.60. The van der Waals surface area contributed by atoms with Gasteiger partial charge in [-0.25, -0.2) is 17.8 Å². The largest absolute Gasteiger partial charge is 0.465 e. The molecule has 180 valence electrons. The third kappa shape index (κ3) is 5.70. The number of nitrogens with one attached hydrogen (secondary N) is 2. The molecule has 0 radical (unpaired) electrons. The Morgan fingerprint density at radius 2 is 1.85 bits per heavy atom. The van der Waals surface area contributed by atoms with E-state index >= 15 is 0 Å². The van der Waals surface area contributed by atoms with Crippen molar-refractivity contribution in [2.45, 2.75) is 24.5 Å². The zero-order chi connectivity index (χ0) is 25.1. The zero-order valence-corrected chi connectivity index (χ0v) is 18.5. The van der Waals surface area contributed by atoms with Crippen molar-refractivity contribution in [1.82, 2.24) is 15.6 Å². The Bertz CT molecular complexity index is 1340. The minimum atomic E-state index is -4.74. The van der Waals surface area contributed by atoms with Crippen LogP contribution in [0.5, 0.6) is 0 Å². The molecule has 2 aromatic carbocycles. The molecule has 0 bridgehead atoms. The van der Waals surface area contributed by atoms with Gasteiger partial charge in [-0.15, -0.1) is 0 Å². The number of aromatic nitrogens is 2. The first kappa shape index (κ1) is 24.7. The van der Waals surface area contributed by atoms with Gasteiger partial charge in [0.1, 0.15) is 5.69 Å². The molecule has 0 atom stereocenters. The second-order valence-electron chi connectivity index (χ2n) is 6.92. The summed E-state index contributed by atoms with van der Waals surface area (Å²) in [5.41, 5.74) is -0.865. The van der Waals surface area contributed by atoms with E-state index in [-0.39, 0.29) is 34.7 Å². The molecule has 1 heterocycles. The molecule has 0 spiro atoms. The first-order valence-electron chi connectivity index (χ1n) is 9.40. The highest BCUT2D eigenvalue weighted by Crippen LogP contribution is 2.31. The van der Waals surface area contributed by atoms with E-state index in [1.165, 1.54) is 19.1 Å². The molecule has 0 aliphatic carbocycles. The number of carbonyl (C=O) groups excluding carboxylic acids is 2. The lowest BCUT2D eigenvalue weighted by Gasteiger charge is -2.13. The van der Waals surface area contributed by atoms with Crippen molar-refractivity contribution < 1.29 is 40.5 Å². The number of hydrogen-bond acceptors (Lipinski definition) is 8. The van der Waals surface area contributed by atoms with E-state index in [4.69, 9.17) is 0 Å². The minimum Gasteiger partial charge on any atom is -0.465 e. The molecule has 3 aromatic rings. The second kappa shape index (κ2) is 9.51. The Hall–Kier alpha value is -3.94. The average Bonchev–Trinajstić information content (AvgIpc) is 3.22. The molecule has 0 aliphatic rings. The maximum absolute atomic E-state index is 13.0. The molecular weight excluding hydrogens is 481 g/mol. The molecule has 3 rings (SSSR count). The first-order chi connectivity index (χ1) is 15.9. The highest BCUT2D eigenvalue weighted by atomic mass is 32.2. The SMILES string of the molecule is COC(=O)c1cc(CNC(=O)c2nonc2C)cc(NS(=O)(=O)c2cccc(C(F)(F)F)c2)c1. The van der Waals surface area contributed by atoms with E-state index in [9.17, 15) is 31.2 Å². The Morgan fingerprint density at radius 3 is 2.47 bits per heavy atom. The van der Waals surface area contributed by atoms with Gasteiger partial charge in [0.05, 0.1) is 28.8 Å². The number of aryl methyl sites for hydroxylation is 1. The van der Waals surface area contributed by atoms with Crippen LogP contribution in [-0.2, 0) is 27.5 Å². The van der Waals surface area contributed by atoms with Gasteiger partial charge in [-0.05, 0) is 54.0 Å². The van der Waals surface area contributed by atoms with Crippen molar-refractivity contribution in [2.75, 3.05) is 11.8 Å². The Kier molecular flexibility index (Phi) is 6.91. The van der Waals surface area contributed by atoms with Crippen LogP contribution in [0.25, 0.3) is 0 Å². The molecule has 1 amide bonds. The van der Waals surface area contributed by atoms with Gasteiger partial charge in [0, 0.05) is 6.54 Å². The standard InChI is InChI=1S/C20H17F3N4O6S/c1-11-17(26-33-25-11)18(28)24-10-12-6-13(19(29)32-2)8-15(7-12)27-34(30,31)16-5-3-4-14(9-16)20(21,22)23/h3-9,27H,10H2,1-2H3,(H,24,28). The summed E-state index contributed by atoms with van der Waals surface area (Å²) in [6.07, 6.45) is -4.74. The van der Waals surface area contributed by atoms with E-state index in [1.807, 2.05) is 0 Å². The summed E-state index contributed by atoms with van der Waals surface area (Å²) in [6.45, 7) is 1.35. The maximum atomic E-state index is 13.0. The van der Waals surface area contributed by atoms with Gasteiger partial charge >= 0.3 is 12.1 Å². The number of rotatable bonds is 7. The minimum absolute atomic E-state index is 0.0599. The fourth-order valence-corrected chi connectivity index (χ4v) is 3.93. The summed E-state index contributed by atoms with van der Waals surface area (Å²) in [7, 11) is -3.34. The van der Waals surface area contributed by atoms with Gasteiger partial charge < -0.3 is 10.1 Å². The van der Waals surface area contributed by atoms with Crippen molar-refractivity contribution in [2.24, 2.45) is 0 Å². The normalized spacial score (nSPS) is 11.7. The lowest BCUT2D eigenvalue weighted by molar-refractivity contribution is -0.137. The number of ether oxygens (including phenoxy) is 1. The predicted molar refractivity (Wildman–Crippen MR) is 110 cm³/mol. The van der Waals surface area contributed by atoms with Crippen LogP contribution in [0.15, 0.2) is 52.0 Å². The van der Waals surface area contributed by atoms with E-state index < -0.39 is 38.5 Å². The predicted octanol–water partition coefficient (Wildman–Crippen LogP) is 2.91. The maximum Gasteiger partial charge on any atom is 0.416 e. The summed E-state index contributed by atoms with van der Waals surface area (Å²) in [5.74, 6) is -1.43. The van der Waals surface area contributed by atoms with Gasteiger partial charge in [0.25, 0.3) is 15.9 Å². The van der Waals surface area contributed by atoms with Gasteiger partial charge in [0.15, 0.2) is 5.69 Å². The number of anilines is 1. The van der Waals surface area contributed by atoms with Crippen LogP contribution in [0, 0.1) is 6.92 Å². The number of benzene rings is 2. The fourth-order valence-electron chi connectivity index (χ4n) is 2.85. The van der Waals surface area contributed by atoms with Crippen molar-refractivity contribution in [3.05, 3.63) is 70.5 Å². The van der Waals surface area contributed by atoms with Crippen molar-refractivity contribution >= 4 is 27.6 Å². The lowest BCUT2D eigenvalue weighted by atomic mass is 10.1. The number of carbonyl (C=O) groups is 2.